The number of hydrogen-bond acceptors (Lipinski definition) is 6. The molecule has 116 valence electrons. The topological polar surface area (TPSA) is 63.6 Å². The van der Waals surface area contributed by atoms with Crippen molar-refractivity contribution in [3.63, 3.8) is 0 Å². The molecule has 0 aliphatic carbocycles. The first kappa shape index (κ1) is 16.4. The highest BCUT2D eigenvalue weighted by Gasteiger charge is 2.07. The van der Waals surface area contributed by atoms with E-state index in [1.807, 2.05) is 0 Å². The summed E-state index contributed by atoms with van der Waals surface area (Å²) >= 11 is 7.00. The molecule has 0 aliphatic heterocycles. The fourth-order valence-electron chi connectivity index (χ4n) is 1.55. The van der Waals surface area contributed by atoms with Gasteiger partial charge in [-0.3, -0.25) is 10.2 Å². The molecule has 8 heteroatoms. The van der Waals surface area contributed by atoms with Crippen LogP contribution in [0.5, 0.6) is 0 Å². The van der Waals surface area contributed by atoms with Crippen molar-refractivity contribution in [3.05, 3.63) is 45.7 Å². The number of nitrogens with zero attached hydrogens (tertiary/aromatic N) is 2. The Bertz CT molecular complexity index is 690. The van der Waals surface area contributed by atoms with Crippen molar-refractivity contribution in [2.75, 3.05) is 12.0 Å². The second-order valence-corrected chi connectivity index (χ2v) is 5.43. The van der Waals surface area contributed by atoms with Crippen molar-refractivity contribution in [2.45, 2.75) is 13.3 Å². The molecule has 2 rings (SSSR count). The molecule has 0 aliphatic rings. The van der Waals surface area contributed by atoms with Crippen molar-refractivity contribution in [2.24, 2.45) is 5.10 Å². The number of esters is 1. The minimum Gasteiger partial charge on any atom is -0.466 e. The lowest BCUT2D eigenvalue weighted by molar-refractivity contribution is -0.142. The van der Waals surface area contributed by atoms with Crippen LogP contribution in [-0.4, -0.2) is 23.8 Å². The average Bonchev–Trinajstić information content (AvgIpc) is 2.90. The Morgan fingerprint density at radius 3 is 3.14 bits per heavy atom. The number of hydrazone groups is 1. The lowest BCUT2D eigenvalue weighted by atomic mass is 10.2. The molecular formula is C14H13ClFN3O2S. The first-order chi connectivity index (χ1) is 10.6. The fourth-order valence-corrected chi connectivity index (χ4v) is 2.40. The van der Waals surface area contributed by atoms with E-state index in [1.165, 1.54) is 29.7 Å². The van der Waals surface area contributed by atoms with Crippen LogP contribution in [-0.2, 0) is 16.0 Å². The summed E-state index contributed by atoms with van der Waals surface area (Å²) in [6.07, 6.45) is 1.63. The van der Waals surface area contributed by atoms with Crippen molar-refractivity contribution in [3.8, 4) is 0 Å². The summed E-state index contributed by atoms with van der Waals surface area (Å²) in [7, 11) is 0. The van der Waals surface area contributed by atoms with E-state index in [1.54, 1.807) is 18.4 Å². The molecule has 22 heavy (non-hydrogen) atoms. The molecule has 0 saturated heterocycles. The molecule has 1 aromatic heterocycles. The van der Waals surface area contributed by atoms with Crippen LogP contribution in [0.25, 0.3) is 0 Å². The molecular weight excluding hydrogens is 329 g/mol. The Kier molecular flexibility index (Phi) is 5.85. The molecule has 1 N–H and O–H groups in total. The molecule has 0 spiro atoms. The highest BCUT2D eigenvalue weighted by atomic mass is 35.5. The average molecular weight is 342 g/mol. The van der Waals surface area contributed by atoms with E-state index in [9.17, 15) is 9.18 Å². The largest absolute Gasteiger partial charge is 0.466 e. The number of thiazole rings is 1. The number of aromatic nitrogens is 1. The molecule has 1 aromatic carbocycles. The van der Waals surface area contributed by atoms with Gasteiger partial charge in [-0.25, -0.2) is 9.37 Å². The van der Waals surface area contributed by atoms with Crippen molar-refractivity contribution >= 4 is 40.3 Å². The third kappa shape index (κ3) is 4.78. The standard InChI is InChI=1S/C14H13ClFN3O2S/c1-2-21-13(20)6-10-8-22-14(18-10)19-17-7-9-3-4-12(16)11(15)5-9/h3-5,7-8H,2,6H2,1H3,(H,18,19). The lowest BCUT2D eigenvalue weighted by Crippen LogP contribution is -2.07. The van der Waals surface area contributed by atoms with Crippen LogP contribution >= 0.6 is 22.9 Å². The van der Waals surface area contributed by atoms with Gasteiger partial charge < -0.3 is 4.74 Å². The first-order valence-electron chi connectivity index (χ1n) is 6.42. The number of anilines is 1. The maximum atomic E-state index is 13.0. The third-order valence-electron chi connectivity index (χ3n) is 2.50. The van der Waals surface area contributed by atoms with Crippen LogP contribution in [0.2, 0.25) is 5.02 Å². The molecule has 0 fully saturated rings. The molecule has 5 nitrogen and oxygen atoms in total. The number of benzene rings is 1. The van der Waals surface area contributed by atoms with E-state index >= 15 is 0 Å². The number of nitrogens with one attached hydrogen (secondary N) is 1. The van der Waals surface area contributed by atoms with Crippen LogP contribution in [0.15, 0.2) is 28.7 Å². The Morgan fingerprint density at radius 1 is 1.59 bits per heavy atom. The second-order valence-electron chi connectivity index (χ2n) is 4.17. The zero-order valence-corrected chi connectivity index (χ0v) is 13.2. The summed E-state index contributed by atoms with van der Waals surface area (Å²) in [6, 6.07) is 4.29. The number of ether oxygens (including phenoxy) is 1. The predicted molar refractivity (Wildman–Crippen MR) is 85.1 cm³/mol. The summed E-state index contributed by atoms with van der Waals surface area (Å²) in [6.45, 7) is 2.10. The summed E-state index contributed by atoms with van der Waals surface area (Å²) in [4.78, 5) is 15.5. The number of hydrogen-bond donors (Lipinski definition) is 1. The van der Waals surface area contributed by atoms with Crippen molar-refractivity contribution in [1.82, 2.24) is 4.98 Å². The summed E-state index contributed by atoms with van der Waals surface area (Å²) in [5, 5.41) is 6.32. The monoisotopic (exact) mass is 341 g/mol. The van der Waals surface area contributed by atoms with E-state index in [0.717, 1.165) is 0 Å². The molecule has 0 radical (unpaired) electrons. The van der Waals surface area contributed by atoms with Gasteiger partial charge in [0.15, 0.2) is 0 Å². The zero-order valence-electron chi connectivity index (χ0n) is 11.7. The molecule has 0 unspecified atom stereocenters. The van der Waals surface area contributed by atoms with E-state index in [2.05, 4.69) is 15.5 Å². The molecule has 0 saturated carbocycles. The number of halogens is 2. The summed E-state index contributed by atoms with van der Waals surface area (Å²) in [5.74, 6) is -0.792. The minimum atomic E-state index is -0.477. The number of carbonyl (C=O) groups excluding carboxylic acids is 1. The van der Waals surface area contributed by atoms with Crippen LogP contribution in [0.4, 0.5) is 9.52 Å². The van der Waals surface area contributed by atoms with Gasteiger partial charge >= 0.3 is 5.97 Å². The highest BCUT2D eigenvalue weighted by molar-refractivity contribution is 7.13. The van der Waals surface area contributed by atoms with Crippen LogP contribution in [0.1, 0.15) is 18.2 Å². The highest BCUT2D eigenvalue weighted by Crippen LogP contribution is 2.17. The number of carbonyl (C=O) groups is 1. The SMILES string of the molecule is CCOC(=O)Cc1csc(NN=Cc2ccc(F)c(Cl)c2)n1. The van der Waals surface area contributed by atoms with Gasteiger partial charge in [0.2, 0.25) is 5.13 Å². The zero-order chi connectivity index (χ0) is 15.9. The van der Waals surface area contributed by atoms with Gasteiger partial charge in [0.1, 0.15) is 5.82 Å². The Balaban J connectivity index is 1.91. The maximum absolute atomic E-state index is 13.0. The van der Waals surface area contributed by atoms with Gasteiger partial charge in [0, 0.05) is 5.38 Å². The number of rotatable bonds is 6. The van der Waals surface area contributed by atoms with E-state index in [4.69, 9.17) is 16.3 Å². The lowest BCUT2D eigenvalue weighted by Gasteiger charge is -1.98. The summed E-state index contributed by atoms with van der Waals surface area (Å²) < 4.78 is 17.9. The molecule has 0 bridgehead atoms. The van der Waals surface area contributed by atoms with Gasteiger partial charge in [0.25, 0.3) is 0 Å². The van der Waals surface area contributed by atoms with Crippen LogP contribution < -0.4 is 5.43 Å². The second kappa shape index (κ2) is 7.86. The third-order valence-corrected chi connectivity index (χ3v) is 3.59. The Morgan fingerprint density at radius 2 is 2.41 bits per heavy atom. The minimum absolute atomic E-state index is 0.0370. The smallest absolute Gasteiger partial charge is 0.311 e. The van der Waals surface area contributed by atoms with Crippen LogP contribution in [0, 0.1) is 5.82 Å². The van der Waals surface area contributed by atoms with Gasteiger partial charge in [0.05, 0.1) is 30.0 Å². The summed E-state index contributed by atoms with van der Waals surface area (Å²) in [5.41, 5.74) is 4.01. The van der Waals surface area contributed by atoms with Crippen LogP contribution in [0.3, 0.4) is 0 Å². The van der Waals surface area contributed by atoms with Crippen molar-refractivity contribution in [1.29, 1.82) is 0 Å². The molecule has 2 aromatic rings. The van der Waals surface area contributed by atoms with E-state index in [0.29, 0.717) is 23.0 Å². The molecule has 0 amide bonds. The van der Waals surface area contributed by atoms with E-state index in [-0.39, 0.29) is 17.4 Å². The Hall–Kier alpha value is -1.99. The quantitative estimate of drug-likeness (QED) is 0.496. The van der Waals surface area contributed by atoms with Gasteiger partial charge in [-0.2, -0.15) is 5.10 Å². The maximum Gasteiger partial charge on any atom is 0.311 e. The fraction of sp³-hybridized carbons (Fsp3) is 0.214. The normalized spacial score (nSPS) is 10.9. The first-order valence-corrected chi connectivity index (χ1v) is 7.68. The predicted octanol–water partition coefficient (Wildman–Crippen LogP) is 3.49. The van der Waals surface area contributed by atoms with Gasteiger partial charge in [-0.05, 0) is 24.6 Å². The van der Waals surface area contributed by atoms with Crippen molar-refractivity contribution < 1.29 is 13.9 Å². The Labute approximate surface area is 135 Å². The van der Waals surface area contributed by atoms with E-state index < -0.39 is 5.82 Å². The molecule has 0 atom stereocenters. The van der Waals surface area contributed by atoms with Gasteiger partial charge in [-0.15, -0.1) is 11.3 Å². The molecule has 1 heterocycles. The van der Waals surface area contributed by atoms with Gasteiger partial charge in [-0.1, -0.05) is 17.7 Å².